The van der Waals surface area contributed by atoms with E-state index < -0.39 is 73.9 Å². The van der Waals surface area contributed by atoms with E-state index in [2.05, 4.69) is 27.8 Å². The Bertz CT molecular complexity index is 1350. The second-order valence-corrected chi connectivity index (χ2v) is 18.8. The minimum absolute atomic E-state index is 0.00786. The van der Waals surface area contributed by atoms with Crippen LogP contribution in [0.25, 0.3) is 0 Å². The standard InChI is InChI=1S/C37H63N5O8S/c1-8-21-38-33(45)31(43)28-17-13-10-9-11-16-23-50-26(4)29(34(46)42-22-18-27(25(2)3)30(42)32(44)39-28)40-35(47)41-37(19-14-12-15-20-37)24-51(48,49)36(5,6)7/h8,25-30H,1,9-24H2,2-7H3,(H,38,45)(H,39,44)(H2,40,41,47)/t26-,27?,28-,29-,30-/m0/s1. The van der Waals surface area contributed by atoms with Gasteiger partial charge in [0, 0.05) is 19.7 Å². The molecule has 0 aromatic heterocycles. The van der Waals surface area contributed by atoms with Crippen molar-refractivity contribution >= 4 is 39.4 Å². The quantitative estimate of drug-likeness (QED) is 0.205. The first-order valence-corrected chi connectivity index (χ1v) is 20.5. The Morgan fingerprint density at radius 1 is 1.02 bits per heavy atom. The molecule has 1 aliphatic carbocycles. The lowest BCUT2D eigenvalue weighted by Gasteiger charge is -2.40. The molecule has 5 atom stereocenters. The van der Waals surface area contributed by atoms with Gasteiger partial charge in [0.1, 0.15) is 12.1 Å². The highest BCUT2D eigenvalue weighted by Crippen LogP contribution is 2.34. The van der Waals surface area contributed by atoms with Crippen molar-refractivity contribution in [3.8, 4) is 0 Å². The smallest absolute Gasteiger partial charge is 0.315 e. The Morgan fingerprint density at radius 3 is 2.27 bits per heavy atom. The van der Waals surface area contributed by atoms with E-state index in [-0.39, 0.29) is 37.1 Å². The highest BCUT2D eigenvalue weighted by molar-refractivity contribution is 7.92. The molecule has 3 rings (SSSR count). The second kappa shape index (κ2) is 18.7. The summed E-state index contributed by atoms with van der Waals surface area (Å²) in [5.41, 5.74) is -0.988. The van der Waals surface area contributed by atoms with Gasteiger partial charge in [-0.05, 0) is 71.6 Å². The van der Waals surface area contributed by atoms with E-state index >= 15 is 0 Å². The van der Waals surface area contributed by atoms with Crippen molar-refractivity contribution in [3.63, 3.8) is 0 Å². The van der Waals surface area contributed by atoms with Crippen LogP contribution in [0.15, 0.2) is 12.7 Å². The number of fused-ring (bicyclic) bond motifs is 1. The summed E-state index contributed by atoms with van der Waals surface area (Å²) in [5, 5.41) is 11.2. The number of ketones is 1. The molecule has 4 N–H and O–H groups in total. The molecule has 13 nitrogen and oxygen atoms in total. The lowest BCUT2D eigenvalue weighted by molar-refractivity contribution is -0.145. The molecular formula is C37H63N5O8S. The second-order valence-electron chi connectivity index (χ2n) is 16.0. The summed E-state index contributed by atoms with van der Waals surface area (Å²) in [6, 6.07) is -3.85. The first-order chi connectivity index (χ1) is 23.9. The SMILES string of the molecule is C=CCNC(=O)C(=O)[C@@H]1CCCCCCCO[C@@H](C)[C@H](NC(=O)NC2(CS(=O)(=O)C(C)(C)C)CCCCC2)C(=O)N2CCC(C(C)C)[C@H]2C(=O)N1. The van der Waals surface area contributed by atoms with Crippen molar-refractivity contribution in [2.45, 2.75) is 153 Å². The topological polar surface area (TPSA) is 180 Å². The lowest BCUT2D eigenvalue weighted by Crippen LogP contribution is -2.63. The van der Waals surface area contributed by atoms with Crippen LogP contribution in [-0.2, 0) is 33.8 Å². The number of hydrogen-bond donors (Lipinski definition) is 4. The largest absolute Gasteiger partial charge is 0.376 e. The molecule has 51 heavy (non-hydrogen) atoms. The molecule has 1 unspecified atom stereocenters. The number of sulfone groups is 1. The average molecular weight is 738 g/mol. The summed E-state index contributed by atoms with van der Waals surface area (Å²) >= 11 is 0. The number of urea groups is 1. The molecule has 0 radical (unpaired) electrons. The zero-order valence-corrected chi connectivity index (χ0v) is 32.5. The van der Waals surface area contributed by atoms with Gasteiger partial charge in [-0.25, -0.2) is 13.2 Å². The van der Waals surface area contributed by atoms with Crippen LogP contribution in [0.3, 0.4) is 0 Å². The molecule has 3 fully saturated rings. The number of nitrogens with zero attached hydrogens (tertiary/aromatic N) is 1. The molecule has 3 aliphatic rings. The summed E-state index contributed by atoms with van der Waals surface area (Å²) in [6.45, 7) is 14.9. The minimum Gasteiger partial charge on any atom is -0.376 e. The van der Waals surface area contributed by atoms with Gasteiger partial charge in [-0.15, -0.1) is 6.58 Å². The number of Topliss-reactive ketones (excluding diaryl/α,β-unsaturated/α-hetero) is 1. The van der Waals surface area contributed by atoms with Crippen LogP contribution in [0.1, 0.15) is 119 Å². The van der Waals surface area contributed by atoms with Crippen LogP contribution in [-0.4, -0.2) is 103 Å². The minimum atomic E-state index is -3.59. The Hall–Kier alpha value is -3.00. The first-order valence-electron chi connectivity index (χ1n) is 18.9. The monoisotopic (exact) mass is 737 g/mol. The Kier molecular flexibility index (Phi) is 15.5. The van der Waals surface area contributed by atoms with Crippen LogP contribution in [0.5, 0.6) is 0 Å². The molecule has 14 heteroatoms. The molecule has 0 aromatic carbocycles. The van der Waals surface area contributed by atoms with Crippen LogP contribution in [0.4, 0.5) is 4.79 Å². The first kappa shape index (κ1) is 42.4. The third-order valence-electron chi connectivity index (χ3n) is 10.7. The van der Waals surface area contributed by atoms with Crippen LogP contribution >= 0.6 is 0 Å². The summed E-state index contributed by atoms with van der Waals surface area (Å²) in [5.74, 6) is -3.01. The van der Waals surface area contributed by atoms with E-state index in [1.807, 2.05) is 13.8 Å². The molecule has 5 amide bonds. The maximum atomic E-state index is 14.5. The van der Waals surface area contributed by atoms with E-state index in [1.54, 1.807) is 27.7 Å². The van der Waals surface area contributed by atoms with Crippen LogP contribution < -0.4 is 21.3 Å². The number of carbonyl (C=O) groups is 5. The van der Waals surface area contributed by atoms with Crippen molar-refractivity contribution in [1.29, 1.82) is 0 Å². The van der Waals surface area contributed by atoms with E-state index in [1.165, 1.54) is 11.0 Å². The molecular weight excluding hydrogens is 675 g/mol. The Morgan fingerprint density at radius 2 is 1.65 bits per heavy atom. The normalized spacial score (nSPS) is 27.2. The fourth-order valence-electron chi connectivity index (χ4n) is 7.47. The molecule has 0 bridgehead atoms. The number of amides is 5. The van der Waals surface area contributed by atoms with Gasteiger partial charge in [-0.3, -0.25) is 19.2 Å². The molecule has 290 valence electrons. The third-order valence-corrected chi connectivity index (χ3v) is 13.5. The highest BCUT2D eigenvalue weighted by Gasteiger charge is 2.48. The van der Waals surface area contributed by atoms with Crippen molar-refractivity contribution < 1.29 is 37.1 Å². The number of carbonyl (C=O) groups excluding carboxylic acids is 5. The van der Waals surface area contributed by atoms with Crippen molar-refractivity contribution in [2.24, 2.45) is 11.8 Å². The molecule has 0 spiro atoms. The fraction of sp³-hybridized carbons (Fsp3) is 0.811. The highest BCUT2D eigenvalue weighted by atomic mass is 32.2. The summed E-state index contributed by atoms with van der Waals surface area (Å²) < 4.78 is 31.9. The van der Waals surface area contributed by atoms with Gasteiger partial charge in [0.25, 0.3) is 5.91 Å². The zero-order chi connectivity index (χ0) is 38.0. The van der Waals surface area contributed by atoms with E-state index in [0.717, 1.165) is 44.9 Å². The lowest BCUT2D eigenvalue weighted by atomic mass is 9.83. The van der Waals surface area contributed by atoms with E-state index in [0.29, 0.717) is 32.3 Å². The van der Waals surface area contributed by atoms with Crippen molar-refractivity contribution in [1.82, 2.24) is 26.2 Å². The number of nitrogens with one attached hydrogen (secondary N) is 4. The summed E-state index contributed by atoms with van der Waals surface area (Å²) in [7, 11) is -3.59. The maximum Gasteiger partial charge on any atom is 0.315 e. The van der Waals surface area contributed by atoms with Gasteiger partial charge in [-0.2, -0.15) is 0 Å². The van der Waals surface area contributed by atoms with Gasteiger partial charge in [0.15, 0.2) is 9.84 Å². The van der Waals surface area contributed by atoms with E-state index in [9.17, 15) is 32.4 Å². The third kappa shape index (κ3) is 11.5. The Labute approximate surface area is 305 Å². The van der Waals surface area contributed by atoms with Gasteiger partial charge in [0.2, 0.25) is 17.6 Å². The average Bonchev–Trinajstić information content (AvgIpc) is 3.51. The predicted octanol–water partition coefficient (Wildman–Crippen LogP) is 3.56. The fourth-order valence-corrected chi connectivity index (χ4v) is 8.99. The Balaban J connectivity index is 1.94. The van der Waals surface area contributed by atoms with Crippen LogP contribution in [0.2, 0.25) is 0 Å². The molecule has 2 aliphatic heterocycles. The van der Waals surface area contributed by atoms with Crippen molar-refractivity contribution in [2.75, 3.05) is 25.4 Å². The molecule has 1 saturated carbocycles. The molecule has 2 saturated heterocycles. The van der Waals surface area contributed by atoms with E-state index in [4.69, 9.17) is 4.74 Å². The molecule has 0 aromatic rings. The predicted molar refractivity (Wildman–Crippen MR) is 197 cm³/mol. The maximum absolute atomic E-state index is 14.5. The van der Waals surface area contributed by atoms with Crippen molar-refractivity contribution in [3.05, 3.63) is 12.7 Å². The zero-order valence-electron chi connectivity index (χ0n) is 31.7. The van der Waals surface area contributed by atoms with Gasteiger partial charge in [-0.1, -0.05) is 64.9 Å². The summed E-state index contributed by atoms with van der Waals surface area (Å²) in [6.07, 6.45) is 8.81. The van der Waals surface area contributed by atoms with Gasteiger partial charge in [0.05, 0.1) is 28.2 Å². The van der Waals surface area contributed by atoms with Gasteiger partial charge >= 0.3 is 6.03 Å². The summed E-state index contributed by atoms with van der Waals surface area (Å²) in [4.78, 5) is 69.9. The number of rotatable bonds is 9. The van der Waals surface area contributed by atoms with Gasteiger partial charge < -0.3 is 30.9 Å². The number of ether oxygens (including phenoxy) is 1. The van der Waals surface area contributed by atoms with Crippen LogP contribution in [0, 0.1) is 11.8 Å². The molecule has 2 heterocycles. The number of hydrogen-bond acceptors (Lipinski definition) is 8.